The fraction of sp³-hybridized carbons (Fsp3) is 0.611. The zero-order valence-corrected chi connectivity index (χ0v) is 12.6. The Bertz CT molecular complexity index is 552. The number of carbonyl (C=O) groups is 1. The Morgan fingerprint density at radius 3 is 2.81 bits per heavy atom. The third-order valence-electron chi connectivity index (χ3n) is 5.30. The Morgan fingerprint density at radius 2 is 2.10 bits per heavy atom. The highest BCUT2D eigenvalue weighted by Crippen LogP contribution is 2.41. The van der Waals surface area contributed by atoms with Crippen LogP contribution >= 0.6 is 0 Å². The van der Waals surface area contributed by atoms with Crippen molar-refractivity contribution in [3.05, 3.63) is 35.4 Å². The standard InChI is InChI=1S/C18H23NO2/c1-12-4-2-3-5-15(12)18(20)19-10-14-8-16(19)17(9-14)21-11-13-6-7-13/h2-5,13-14,16-17H,6-11H2,1H3. The summed E-state index contributed by atoms with van der Waals surface area (Å²) in [6, 6.07) is 8.21. The topological polar surface area (TPSA) is 29.5 Å². The van der Waals surface area contributed by atoms with Gasteiger partial charge in [-0.25, -0.2) is 0 Å². The van der Waals surface area contributed by atoms with E-state index in [0.29, 0.717) is 12.0 Å². The fourth-order valence-corrected chi connectivity index (χ4v) is 3.89. The third kappa shape index (κ3) is 2.48. The van der Waals surface area contributed by atoms with Crippen LogP contribution in [0.15, 0.2) is 24.3 Å². The van der Waals surface area contributed by atoms with E-state index in [1.165, 1.54) is 12.8 Å². The maximum Gasteiger partial charge on any atom is 0.254 e. The number of carbonyl (C=O) groups excluding carboxylic acids is 1. The summed E-state index contributed by atoms with van der Waals surface area (Å²) >= 11 is 0. The van der Waals surface area contributed by atoms with E-state index < -0.39 is 0 Å². The van der Waals surface area contributed by atoms with Crippen LogP contribution in [0.3, 0.4) is 0 Å². The minimum absolute atomic E-state index is 0.195. The van der Waals surface area contributed by atoms with E-state index in [-0.39, 0.29) is 12.0 Å². The van der Waals surface area contributed by atoms with Crippen LogP contribution in [0.4, 0.5) is 0 Å². The van der Waals surface area contributed by atoms with E-state index in [0.717, 1.165) is 43.0 Å². The normalized spacial score (nSPS) is 30.9. The molecule has 1 heterocycles. The Hall–Kier alpha value is -1.35. The van der Waals surface area contributed by atoms with E-state index in [4.69, 9.17) is 4.74 Å². The van der Waals surface area contributed by atoms with Gasteiger partial charge in [-0.15, -0.1) is 0 Å². The van der Waals surface area contributed by atoms with Gasteiger partial charge in [-0.05, 0) is 56.1 Å². The van der Waals surface area contributed by atoms with Gasteiger partial charge in [-0.3, -0.25) is 4.79 Å². The lowest BCUT2D eigenvalue weighted by atomic mass is 10.0. The van der Waals surface area contributed by atoms with Gasteiger partial charge in [0, 0.05) is 18.7 Å². The van der Waals surface area contributed by atoms with E-state index in [1.807, 2.05) is 31.2 Å². The molecule has 1 aliphatic heterocycles. The minimum Gasteiger partial charge on any atom is -0.376 e. The molecular weight excluding hydrogens is 262 g/mol. The summed E-state index contributed by atoms with van der Waals surface area (Å²) in [6.45, 7) is 3.84. The molecule has 0 aromatic heterocycles. The Kier molecular flexibility index (Phi) is 3.26. The molecule has 2 bridgehead atoms. The number of nitrogens with zero attached hydrogens (tertiary/aromatic N) is 1. The minimum atomic E-state index is 0.195. The maximum absolute atomic E-state index is 12.8. The van der Waals surface area contributed by atoms with Crippen LogP contribution in [0, 0.1) is 18.8 Å². The average Bonchev–Trinajstić information content (AvgIpc) is 3.11. The van der Waals surface area contributed by atoms with Crippen LogP contribution in [0.25, 0.3) is 0 Å². The van der Waals surface area contributed by atoms with Crippen LogP contribution in [-0.4, -0.2) is 36.1 Å². The van der Waals surface area contributed by atoms with Crippen molar-refractivity contribution in [1.82, 2.24) is 4.90 Å². The number of amides is 1. The van der Waals surface area contributed by atoms with Crippen molar-refractivity contribution in [1.29, 1.82) is 0 Å². The molecule has 4 rings (SSSR count). The summed E-state index contributed by atoms with van der Waals surface area (Å²) in [4.78, 5) is 14.9. The monoisotopic (exact) mass is 285 g/mol. The lowest BCUT2D eigenvalue weighted by Gasteiger charge is -2.33. The van der Waals surface area contributed by atoms with Gasteiger partial charge >= 0.3 is 0 Å². The number of ether oxygens (including phenoxy) is 1. The van der Waals surface area contributed by atoms with E-state index in [9.17, 15) is 4.79 Å². The Labute approximate surface area is 126 Å². The molecule has 3 nitrogen and oxygen atoms in total. The van der Waals surface area contributed by atoms with Crippen LogP contribution in [0.1, 0.15) is 41.6 Å². The second-order valence-electron chi connectivity index (χ2n) is 6.99. The number of piperidine rings is 1. The van der Waals surface area contributed by atoms with Crippen molar-refractivity contribution >= 4 is 5.91 Å². The molecule has 0 N–H and O–H groups in total. The predicted molar refractivity (Wildman–Crippen MR) is 81.2 cm³/mol. The van der Waals surface area contributed by atoms with Gasteiger partial charge < -0.3 is 9.64 Å². The molecular formula is C18H23NO2. The highest BCUT2D eigenvalue weighted by atomic mass is 16.5. The molecule has 3 heteroatoms. The van der Waals surface area contributed by atoms with Crippen molar-refractivity contribution in [2.45, 2.75) is 44.8 Å². The molecule has 3 aliphatic rings. The van der Waals surface area contributed by atoms with E-state index in [2.05, 4.69) is 4.90 Å². The Balaban J connectivity index is 1.47. The molecule has 3 atom stereocenters. The SMILES string of the molecule is Cc1ccccc1C(=O)N1CC2CC(OCC3CC3)C1C2. The summed E-state index contributed by atoms with van der Waals surface area (Å²) in [5, 5.41) is 0. The van der Waals surface area contributed by atoms with Crippen molar-refractivity contribution < 1.29 is 9.53 Å². The number of rotatable bonds is 4. The van der Waals surface area contributed by atoms with Gasteiger partial charge in [-0.1, -0.05) is 18.2 Å². The fourth-order valence-electron chi connectivity index (χ4n) is 3.89. The number of hydrogen-bond acceptors (Lipinski definition) is 2. The lowest BCUT2D eigenvalue weighted by molar-refractivity contribution is -0.0109. The first-order valence-electron chi connectivity index (χ1n) is 8.20. The number of hydrogen-bond donors (Lipinski definition) is 0. The molecule has 0 spiro atoms. The first-order valence-corrected chi connectivity index (χ1v) is 8.20. The quantitative estimate of drug-likeness (QED) is 0.851. The summed E-state index contributed by atoms with van der Waals surface area (Å²) in [5.74, 6) is 1.64. The molecule has 21 heavy (non-hydrogen) atoms. The van der Waals surface area contributed by atoms with Crippen molar-refractivity contribution in [2.24, 2.45) is 11.8 Å². The smallest absolute Gasteiger partial charge is 0.254 e. The van der Waals surface area contributed by atoms with Gasteiger partial charge in [0.25, 0.3) is 5.91 Å². The molecule has 1 amide bonds. The summed E-state index contributed by atoms with van der Waals surface area (Å²) in [7, 11) is 0. The van der Waals surface area contributed by atoms with Crippen LogP contribution in [0.5, 0.6) is 0 Å². The summed E-state index contributed by atoms with van der Waals surface area (Å²) < 4.78 is 6.11. The zero-order valence-electron chi connectivity index (χ0n) is 12.6. The maximum atomic E-state index is 12.8. The number of benzene rings is 1. The number of aryl methyl sites for hydroxylation is 1. The van der Waals surface area contributed by atoms with Gasteiger partial charge in [-0.2, -0.15) is 0 Å². The highest BCUT2D eigenvalue weighted by molar-refractivity contribution is 5.96. The van der Waals surface area contributed by atoms with Crippen LogP contribution in [-0.2, 0) is 4.74 Å². The zero-order chi connectivity index (χ0) is 14.4. The second kappa shape index (κ2) is 5.13. The summed E-state index contributed by atoms with van der Waals surface area (Å²) in [6.07, 6.45) is 5.21. The molecule has 3 unspecified atom stereocenters. The van der Waals surface area contributed by atoms with Gasteiger partial charge in [0.05, 0.1) is 12.1 Å². The van der Waals surface area contributed by atoms with Gasteiger partial charge in [0.1, 0.15) is 0 Å². The van der Waals surface area contributed by atoms with Crippen molar-refractivity contribution in [3.63, 3.8) is 0 Å². The molecule has 1 saturated heterocycles. The van der Waals surface area contributed by atoms with Gasteiger partial charge in [0.2, 0.25) is 0 Å². The highest BCUT2D eigenvalue weighted by Gasteiger charge is 2.48. The number of likely N-dealkylation sites (tertiary alicyclic amines) is 1. The molecule has 1 aromatic rings. The third-order valence-corrected chi connectivity index (χ3v) is 5.30. The molecule has 2 aliphatic carbocycles. The molecule has 2 saturated carbocycles. The molecule has 1 aromatic carbocycles. The summed E-state index contributed by atoms with van der Waals surface area (Å²) in [5.41, 5.74) is 1.92. The predicted octanol–water partition coefficient (Wildman–Crippen LogP) is 3.02. The van der Waals surface area contributed by atoms with E-state index in [1.54, 1.807) is 0 Å². The van der Waals surface area contributed by atoms with Crippen LogP contribution in [0.2, 0.25) is 0 Å². The largest absolute Gasteiger partial charge is 0.376 e. The van der Waals surface area contributed by atoms with E-state index >= 15 is 0 Å². The molecule has 112 valence electrons. The Morgan fingerprint density at radius 1 is 1.29 bits per heavy atom. The molecule has 3 fully saturated rings. The van der Waals surface area contributed by atoms with Crippen LogP contribution < -0.4 is 0 Å². The average molecular weight is 285 g/mol. The second-order valence-corrected chi connectivity index (χ2v) is 6.99. The first-order chi connectivity index (χ1) is 10.2. The first kappa shape index (κ1) is 13.3. The number of fused-ring (bicyclic) bond motifs is 2. The molecule has 0 radical (unpaired) electrons. The van der Waals surface area contributed by atoms with Gasteiger partial charge in [0.15, 0.2) is 0 Å². The van der Waals surface area contributed by atoms with Crippen molar-refractivity contribution in [2.75, 3.05) is 13.2 Å². The van der Waals surface area contributed by atoms with Crippen molar-refractivity contribution in [3.8, 4) is 0 Å². The lowest BCUT2D eigenvalue weighted by Crippen LogP contribution is -2.46.